The van der Waals surface area contributed by atoms with Gasteiger partial charge in [-0.25, -0.2) is 0 Å². The summed E-state index contributed by atoms with van der Waals surface area (Å²) in [5, 5.41) is 0. The summed E-state index contributed by atoms with van der Waals surface area (Å²) in [6.07, 6.45) is 49.7. The zero-order valence-electron chi connectivity index (χ0n) is 35.5. The minimum absolute atomic E-state index is 0.101. The molecule has 54 heavy (non-hydrogen) atoms. The molecule has 0 aliphatic carbocycles. The monoisotopic (exact) mass is 757 g/mol. The van der Waals surface area contributed by atoms with Crippen LogP contribution in [-0.4, -0.2) is 37.2 Å². The fourth-order valence-corrected chi connectivity index (χ4v) is 6.09. The molecule has 0 aliphatic heterocycles. The molecule has 0 aromatic carbocycles. The van der Waals surface area contributed by atoms with Crippen molar-refractivity contribution in [3.8, 4) is 0 Å². The molecule has 0 rings (SSSR count). The molecule has 0 amide bonds. The van der Waals surface area contributed by atoms with Crippen LogP contribution in [0, 0.1) is 0 Å². The van der Waals surface area contributed by atoms with Crippen molar-refractivity contribution in [1.29, 1.82) is 0 Å². The van der Waals surface area contributed by atoms with E-state index < -0.39 is 6.10 Å². The van der Waals surface area contributed by atoms with Crippen LogP contribution in [0.3, 0.4) is 0 Å². The Labute approximate surface area is 333 Å². The van der Waals surface area contributed by atoms with Gasteiger partial charge >= 0.3 is 17.9 Å². The second-order valence-corrected chi connectivity index (χ2v) is 15.0. The summed E-state index contributed by atoms with van der Waals surface area (Å²) in [6.45, 7) is 6.48. The summed E-state index contributed by atoms with van der Waals surface area (Å²) < 4.78 is 16.6. The smallest absolute Gasteiger partial charge is 0.306 e. The molecule has 0 radical (unpaired) electrons. The van der Waals surface area contributed by atoms with Gasteiger partial charge in [0, 0.05) is 19.3 Å². The van der Waals surface area contributed by atoms with Crippen LogP contribution in [0.1, 0.15) is 220 Å². The summed E-state index contributed by atoms with van der Waals surface area (Å²) in [4.78, 5) is 37.5. The van der Waals surface area contributed by atoms with Gasteiger partial charge in [0.2, 0.25) is 0 Å². The van der Waals surface area contributed by atoms with Gasteiger partial charge in [-0.1, -0.05) is 166 Å². The molecular weight excluding hydrogens is 673 g/mol. The first-order valence-electron chi connectivity index (χ1n) is 22.7. The minimum Gasteiger partial charge on any atom is -0.462 e. The minimum atomic E-state index is -0.800. The van der Waals surface area contributed by atoms with Gasteiger partial charge in [0.25, 0.3) is 0 Å². The molecule has 312 valence electrons. The van der Waals surface area contributed by atoms with E-state index in [2.05, 4.69) is 69.4 Å². The maximum Gasteiger partial charge on any atom is 0.306 e. The van der Waals surface area contributed by atoms with Gasteiger partial charge in [0.1, 0.15) is 13.2 Å². The molecule has 0 bridgehead atoms. The van der Waals surface area contributed by atoms with Crippen molar-refractivity contribution >= 4 is 17.9 Å². The third kappa shape index (κ3) is 40.6. The van der Waals surface area contributed by atoms with Gasteiger partial charge in [-0.2, -0.15) is 0 Å². The topological polar surface area (TPSA) is 78.9 Å². The second kappa shape index (κ2) is 43.1. The van der Waals surface area contributed by atoms with Crippen molar-refractivity contribution in [3.05, 3.63) is 48.6 Å². The third-order valence-corrected chi connectivity index (χ3v) is 9.55. The highest BCUT2D eigenvalue weighted by Gasteiger charge is 2.19. The lowest BCUT2D eigenvalue weighted by Crippen LogP contribution is -2.30. The Bertz CT molecular complexity index is 964. The Balaban J connectivity index is 4.35. The fourth-order valence-electron chi connectivity index (χ4n) is 6.09. The molecule has 0 N–H and O–H groups in total. The van der Waals surface area contributed by atoms with E-state index in [1.807, 2.05) is 0 Å². The van der Waals surface area contributed by atoms with Crippen LogP contribution in [0.4, 0.5) is 0 Å². The number of allylic oxidation sites excluding steroid dienone is 8. The highest BCUT2D eigenvalue weighted by molar-refractivity contribution is 5.71. The van der Waals surface area contributed by atoms with Gasteiger partial charge in [0.15, 0.2) is 6.10 Å². The third-order valence-electron chi connectivity index (χ3n) is 9.55. The molecule has 0 aromatic rings. The molecule has 0 heterocycles. The van der Waals surface area contributed by atoms with Crippen LogP contribution < -0.4 is 0 Å². The number of carbonyl (C=O) groups excluding carboxylic acids is 3. The summed E-state index contributed by atoms with van der Waals surface area (Å²) in [5.41, 5.74) is 0. The van der Waals surface area contributed by atoms with E-state index in [9.17, 15) is 14.4 Å². The van der Waals surface area contributed by atoms with Crippen molar-refractivity contribution in [2.24, 2.45) is 0 Å². The predicted octanol–water partition coefficient (Wildman–Crippen LogP) is 14.4. The van der Waals surface area contributed by atoms with Crippen molar-refractivity contribution in [2.75, 3.05) is 13.2 Å². The van der Waals surface area contributed by atoms with Crippen molar-refractivity contribution in [3.63, 3.8) is 0 Å². The van der Waals surface area contributed by atoms with Crippen LogP contribution in [0.2, 0.25) is 0 Å². The predicted molar refractivity (Wildman–Crippen MR) is 229 cm³/mol. The zero-order valence-corrected chi connectivity index (χ0v) is 35.5. The lowest BCUT2D eigenvalue weighted by molar-refractivity contribution is -0.167. The van der Waals surface area contributed by atoms with E-state index in [1.165, 1.54) is 103 Å². The Hall–Kier alpha value is -2.63. The maximum atomic E-state index is 12.6. The Morgan fingerprint density at radius 2 is 0.685 bits per heavy atom. The largest absolute Gasteiger partial charge is 0.462 e. The van der Waals surface area contributed by atoms with E-state index in [-0.39, 0.29) is 37.5 Å². The van der Waals surface area contributed by atoms with Crippen LogP contribution >= 0.6 is 0 Å². The highest BCUT2D eigenvalue weighted by Crippen LogP contribution is 2.12. The molecule has 0 aromatic heterocycles. The van der Waals surface area contributed by atoms with Crippen molar-refractivity contribution < 1.29 is 28.6 Å². The second-order valence-electron chi connectivity index (χ2n) is 15.0. The summed E-state index contributed by atoms with van der Waals surface area (Å²) in [7, 11) is 0. The van der Waals surface area contributed by atoms with Crippen molar-refractivity contribution in [2.45, 2.75) is 226 Å². The Morgan fingerprint density at radius 1 is 0.370 bits per heavy atom. The average Bonchev–Trinajstić information content (AvgIpc) is 3.17. The summed E-state index contributed by atoms with van der Waals surface area (Å²) in [5.74, 6) is -0.991. The number of unbranched alkanes of at least 4 members (excludes halogenated alkanes) is 22. The van der Waals surface area contributed by atoms with Crippen LogP contribution in [0.5, 0.6) is 0 Å². The van der Waals surface area contributed by atoms with E-state index in [1.54, 1.807) is 0 Å². The zero-order chi connectivity index (χ0) is 39.4. The van der Waals surface area contributed by atoms with Crippen molar-refractivity contribution in [1.82, 2.24) is 0 Å². The fraction of sp³-hybridized carbons (Fsp3) is 0.771. The number of esters is 3. The molecule has 0 spiro atoms. The lowest BCUT2D eigenvalue weighted by atomic mass is 10.1. The van der Waals surface area contributed by atoms with E-state index in [0.717, 1.165) is 64.2 Å². The number of rotatable bonds is 40. The molecule has 6 nitrogen and oxygen atoms in total. The quantitative estimate of drug-likeness (QED) is 0.0204. The summed E-state index contributed by atoms with van der Waals surface area (Å²) in [6, 6.07) is 0. The number of hydrogen-bond donors (Lipinski definition) is 0. The molecule has 0 saturated heterocycles. The molecule has 6 heteroatoms. The molecule has 1 unspecified atom stereocenters. The molecule has 1 atom stereocenters. The van der Waals surface area contributed by atoms with Gasteiger partial charge < -0.3 is 14.2 Å². The average molecular weight is 757 g/mol. The molecule has 0 aliphatic rings. The standard InChI is InChI=1S/C48H84O6/c1-4-7-10-13-16-19-20-21-22-23-24-25-26-27-30-32-35-38-41-47(50)53-44-45(54-48(51)42-39-36-33-29-18-15-12-9-6-3)43-52-46(49)40-37-34-31-28-17-14-11-8-5-2/h22-25,28-29,31,33,45H,4-21,26-27,30,32,34-44H2,1-3H3/b23-22-,25-24-,31-28-,33-29-. The SMILES string of the molecule is CCCCCC/C=C\CCCC(=O)OCC(COC(=O)CCCCCCC/C=C\C=C/CCCCCCCCC)OC(=O)CCC/C=C\CCCCCC. The highest BCUT2D eigenvalue weighted by atomic mass is 16.6. The first-order valence-corrected chi connectivity index (χ1v) is 22.7. The molecule has 0 fully saturated rings. The van der Waals surface area contributed by atoms with Crippen LogP contribution in [0.15, 0.2) is 48.6 Å². The van der Waals surface area contributed by atoms with Gasteiger partial charge in [-0.3, -0.25) is 14.4 Å². The van der Waals surface area contributed by atoms with Crippen LogP contribution in [-0.2, 0) is 28.6 Å². The maximum absolute atomic E-state index is 12.6. The van der Waals surface area contributed by atoms with Gasteiger partial charge in [-0.05, 0) is 83.5 Å². The first kappa shape index (κ1) is 51.4. The Kier molecular flexibility index (Phi) is 41.0. The summed E-state index contributed by atoms with van der Waals surface area (Å²) >= 11 is 0. The number of hydrogen-bond acceptors (Lipinski definition) is 6. The van der Waals surface area contributed by atoms with E-state index in [4.69, 9.17) is 14.2 Å². The van der Waals surface area contributed by atoms with E-state index >= 15 is 0 Å². The molecular formula is C48H84O6. The van der Waals surface area contributed by atoms with Gasteiger partial charge in [-0.15, -0.1) is 0 Å². The molecule has 0 saturated carbocycles. The first-order chi connectivity index (χ1) is 26.5. The normalized spacial score (nSPS) is 12.4. The van der Waals surface area contributed by atoms with Gasteiger partial charge in [0.05, 0.1) is 0 Å². The Morgan fingerprint density at radius 3 is 1.13 bits per heavy atom. The number of carbonyl (C=O) groups is 3. The number of ether oxygens (including phenoxy) is 3. The van der Waals surface area contributed by atoms with Crippen LogP contribution in [0.25, 0.3) is 0 Å². The van der Waals surface area contributed by atoms with E-state index in [0.29, 0.717) is 25.7 Å². The lowest BCUT2D eigenvalue weighted by Gasteiger charge is -2.18.